The number of aromatic nitrogens is 3. The Kier molecular flexibility index (Phi) is 5.48. The molecule has 5 nitrogen and oxygen atoms in total. The summed E-state index contributed by atoms with van der Waals surface area (Å²) >= 11 is 0. The van der Waals surface area contributed by atoms with Crippen molar-refractivity contribution in [2.45, 2.75) is 12.7 Å². The molecule has 0 saturated heterocycles. The summed E-state index contributed by atoms with van der Waals surface area (Å²) in [5.41, 5.74) is 1.48. The molecule has 2 aromatic heterocycles. The van der Waals surface area contributed by atoms with Gasteiger partial charge >= 0.3 is 6.18 Å². The zero-order valence-electron chi connectivity index (χ0n) is 15.8. The Bertz CT molecular complexity index is 942. The molecule has 0 aliphatic carbocycles. The Labute approximate surface area is 161 Å². The fraction of sp³-hybridized carbons (Fsp3) is 0.250. The van der Waals surface area contributed by atoms with Crippen LogP contribution in [-0.2, 0) is 12.7 Å². The van der Waals surface area contributed by atoms with E-state index < -0.39 is 11.9 Å². The third-order valence-corrected chi connectivity index (χ3v) is 4.18. The third kappa shape index (κ3) is 4.57. The first-order chi connectivity index (χ1) is 13.2. The Morgan fingerprint density at radius 1 is 0.929 bits per heavy atom. The molecule has 0 spiro atoms. The minimum Gasteiger partial charge on any atom is -0.378 e. The number of rotatable bonds is 5. The maximum absolute atomic E-state index is 13.4. The van der Waals surface area contributed by atoms with Crippen molar-refractivity contribution in [3.8, 4) is 11.4 Å². The molecule has 0 radical (unpaired) electrons. The summed E-state index contributed by atoms with van der Waals surface area (Å²) in [6.07, 6.45) is -1.57. The van der Waals surface area contributed by atoms with Gasteiger partial charge in [-0.25, -0.2) is 9.97 Å². The van der Waals surface area contributed by atoms with E-state index in [0.717, 1.165) is 17.3 Å². The summed E-state index contributed by atoms with van der Waals surface area (Å²) in [4.78, 5) is 15.6. The van der Waals surface area contributed by atoms with Crippen LogP contribution in [0.25, 0.3) is 11.4 Å². The van der Waals surface area contributed by atoms with Crippen LogP contribution in [-0.4, -0.2) is 36.1 Å². The molecule has 0 amide bonds. The van der Waals surface area contributed by atoms with Gasteiger partial charge in [0, 0.05) is 57.4 Å². The second kappa shape index (κ2) is 7.84. The van der Waals surface area contributed by atoms with Gasteiger partial charge in [0.1, 0.15) is 5.82 Å². The summed E-state index contributed by atoms with van der Waals surface area (Å²) in [5.74, 6) is 0.213. The van der Waals surface area contributed by atoms with Gasteiger partial charge in [-0.3, -0.25) is 4.98 Å². The molecule has 0 fully saturated rings. The van der Waals surface area contributed by atoms with E-state index in [9.17, 15) is 13.2 Å². The van der Waals surface area contributed by atoms with Crippen LogP contribution in [0.15, 0.2) is 54.9 Å². The zero-order chi connectivity index (χ0) is 20.3. The zero-order valence-corrected chi connectivity index (χ0v) is 15.8. The highest BCUT2D eigenvalue weighted by molar-refractivity contribution is 5.57. The summed E-state index contributed by atoms with van der Waals surface area (Å²) in [5, 5.41) is 0. The minimum absolute atomic E-state index is 0.0149. The number of benzene rings is 1. The predicted octanol–water partition coefficient (Wildman–Crippen LogP) is 4.26. The normalized spacial score (nSPS) is 11.4. The van der Waals surface area contributed by atoms with Crippen molar-refractivity contribution in [1.82, 2.24) is 15.0 Å². The molecule has 0 saturated carbocycles. The van der Waals surface area contributed by atoms with E-state index in [1.807, 2.05) is 43.3 Å². The second-order valence-electron chi connectivity index (χ2n) is 6.59. The van der Waals surface area contributed by atoms with Crippen LogP contribution >= 0.6 is 0 Å². The quantitative estimate of drug-likeness (QED) is 0.655. The van der Waals surface area contributed by atoms with Gasteiger partial charge in [0.15, 0.2) is 11.5 Å². The predicted molar refractivity (Wildman–Crippen MR) is 103 cm³/mol. The number of hydrogen-bond donors (Lipinski definition) is 0. The second-order valence-corrected chi connectivity index (χ2v) is 6.59. The molecule has 146 valence electrons. The lowest BCUT2D eigenvalue weighted by atomic mass is 10.2. The van der Waals surface area contributed by atoms with Crippen LogP contribution in [0.1, 0.15) is 11.3 Å². The number of alkyl halides is 3. The van der Waals surface area contributed by atoms with Crippen molar-refractivity contribution in [2.24, 2.45) is 0 Å². The first-order valence-corrected chi connectivity index (χ1v) is 8.58. The van der Waals surface area contributed by atoms with Gasteiger partial charge < -0.3 is 9.80 Å². The lowest BCUT2D eigenvalue weighted by molar-refractivity contribution is -0.141. The lowest BCUT2D eigenvalue weighted by Gasteiger charge is -2.21. The molecule has 0 bridgehead atoms. The van der Waals surface area contributed by atoms with Crippen LogP contribution in [0.5, 0.6) is 0 Å². The Morgan fingerprint density at radius 3 is 2.29 bits per heavy atom. The van der Waals surface area contributed by atoms with Gasteiger partial charge in [-0.15, -0.1) is 0 Å². The van der Waals surface area contributed by atoms with Gasteiger partial charge in [0.25, 0.3) is 0 Å². The van der Waals surface area contributed by atoms with Gasteiger partial charge in [0.05, 0.1) is 0 Å². The molecule has 0 aliphatic heterocycles. The largest absolute Gasteiger partial charge is 0.433 e. The maximum atomic E-state index is 13.4. The Balaban J connectivity index is 1.97. The van der Waals surface area contributed by atoms with E-state index in [-0.39, 0.29) is 11.6 Å². The molecule has 28 heavy (non-hydrogen) atoms. The van der Waals surface area contributed by atoms with E-state index >= 15 is 0 Å². The monoisotopic (exact) mass is 387 g/mol. The molecule has 2 heterocycles. The van der Waals surface area contributed by atoms with E-state index in [0.29, 0.717) is 12.1 Å². The molecule has 0 atom stereocenters. The molecule has 8 heteroatoms. The molecule has 3 rings (SSSR count). The molecule has 3 aromatic rings. The summed E-state index contributed by atoms with van der Waals surface area (Å²) in [6, 6.07) is 11.9. The first-order valence-electron chi connectivity index (χ1n) is 8.58. The average Bonchev–Trinajstić information content (AvgIpc) is 2.68. The fourth-order valence-corrected chi connectivity index (χ4v) is 2.69. The number of pyridine rings is 1. The van der Waals surface area contributed by atoms with Gasteiger partial charge in [-0.2, -0.15) is 13.2 Å². The molecular weight excluding hydrogens is 367 g/mol. The van der Waals surface area contributed by atoms with Gasteiger partial charge in [-0.1, -0.05) is 12.1 Å². The highest BCUT2D eigenvalue weighted by Crippen LogP contribution is 2.31. The minimum atomic E-state index is -4.56. The Morgan fingerprint density at radius 2 is 1.64 bits per heavy atom. The van der Waals surface area contributed by atoms with E-state index in [4.69, 9.17) is 0 Å². The van der Waals surface area contributed by atoms with E-state index in [2.05, 4.69) is 15.0 Å². The number of anilines is 2. The number of hydrogen-bond acceptors (Lipinski definition) is 5. The fourth-order valence-electron chi connectivity index (χ4n) is 2.69. The smallest absolute Gasteiger partial charge is 0.378 e. The summed E-state index contributed by atoms with van der Waals surface area (Å²) < 4.78 is 40.1. The van der Waals surface area contributed by atoms with Crippen LogP contribution in [0.4, 0.5) is 24.7 Å². The van der Waals surface area contributed by atoms with Crippen LogP contribution in [0.3, 0.4) is 0 Å². The van der Waals surface area contributed by atoms with Crippen molar-refractivity contribution < 1.29 is 13.2 Å². The summed E-state index contributed by atoms with van der Waals surface area (Å²) in [7, 11) is 5.58. The van der Waals surface area contributed by atoms with Crippen molar-refractivity contribution >= 4 is 11.5 Å². The molecular formula is C20H20F3N5. The highest BCUT2D eigenvalue weighted by atomic mass is 19.4. The SMILES string of the molecule is CN(C)c1cccc(CN(C)c2cc(C(F)(F)F)nc(-c3ccncc3)n2)c1. The average molecular weight is 387 g/mol. The molecule has 0 N–H and O–H groups in total. The standard InChI is InChI=1S/C20H20F3N5/c1-27(2)16-6-4-5-14(11-16)13-28(3)18-12-17(20(21,22)23)25-19(26-18)15-7-9-24-10-8-15/h4-12H,13H2,1-3H3. The molecule has 0 unspecified atom stereocenters. The van der Waals surface area contributed by atoms with Gasteiger partial charge in [0.2, 0.25) is 0 Å². The molecule has 1 aromatic carbocycles. The molecule has 0 aliphatic rings. The first kappa shape index (κ1) is 19.6. The van der Waals surface area contributed by atoms with E-state index in [1.165, 1.54) is 12.4 Å². The van der Waals surface area contributed by atoms with Crippen molar-refractivity contribution in [3.63, 3.8) is 0 Å². The van der Waals surface area contributed by atoms with Crippen LogP contribution in [0, 0.1) is 0 Å². The van der Waals surface area contributed by atoms with Crippen molar-refractivity contribution in [1.29, 1.82) is 0 Å². The van der Waals surface area contributed by atoms with Gasteiger partial charge in [-0.05, 0) is 29.8 Å². The van der Waals surface area contributed by atoms with Crippen LogP contribution < -0.4 is 9.80 Å². The third-order valence-electron chi connectivity index (χ3n) is 4.18. The lowest BCUT2D eigenvalue weighted by Crippen LogP contribution is -2.20. The maximum Gasteiger partial charge on any atom is 0.433 e. The summed E-state index contributed by atoms with van der Waals surface area (Å²) in [6.45, 7) is 0.409. The van der Waals surface area contributed by atoms with E-state index in [1.54, 1.807) is 24.1 Å². The topological polar surface area (TPSA) is 45.2 Å². The highest BCUT2D eigenvalue weighted by Gasteiger charge is 2.34. The van der Waals surface area contributed by atoms with Crippen molar-refractivity contribution in [2.75, 3.05) is 30.9 Å². The number of halogens is 3. The van der Waals surface area contributed by atoms with Crippen LogP contribution in [0.2, 0.25) is 0 Å². The number of nitrogens with zero attached hydrogens (tertiary/aromatic N) is 5. The van der Waals surface area contributed by atoms with Crippen molar-refractivity contribution in [3.05, 3.63) is 66.1 Å². The Hall–Kier alpha value is -3.16.